The molecule has 1 heterocycles. The van der Waals surface area contributed by atoms with E-state index in [0.29, 0.717) is 17.9 Å². The van der Waals surface area contributed by atoms with Crippen molar-refractivity contribution in [3.8, 4) is 11.3 Å². The zero-order chi connectivity index (χ0) is 16.9. The fourth-order valence-electron chi connectivity index (χ4n) is 2.42. The van der Waals surface area contributed by atoms with Gasteiger partial charge >= 0.3 is 0 Å². The highest BCUT2D eigenvalue weighted by Gasteiger charge is 2.09. The number of carbonyl (C=O) groups excluding carboxylic acids is 1. The largest absolute Gasteiger partial charge is 0.309 e. The summed E-state index contributed by atoms with van der Waals surface area (Å²) in [5.41, 5.74) is 4.66. The van der Waals surface area contributed by atoms with E-state index >= 15 is 0 Å². The van der Waals surface area contributed by atoms with Gasteiger partial charge in [-0.25, -0.2) is 9.97 Å². The number of nitrogens with one attached hydrogen (secondary N) is 1. The average Bonchev–Trinajstić information content (AvgIpc) is 2.59. The second-order valence-electron chi connectivity index (χ2n) is 5.77. The maximum absolute atomic E-state index is 12.2. The first kappa shape index (κ1) is 15.9. The van der Waals surface area contributed by atoms with Crippen LogP contribution in [0.3, 0.4) is 0 Å². The zero-order valence-corrected chi connectivity index (χ0v) is 13.8. The molecule has 0 aliphatic carbocycles. The maximum Gasteiger partial charge on any atom is 0.229 e. The number of aromatic nitrogens is 2. The number of carbonyl (C=O) groups is 1. The van der Waals surface area contributed by atoms with Crippen molar-refractivity contribution < 1.29 is 4.79 Å². The number of benzene rings is 2. The van der Waals surface area contributed by atoms with Crippen molar-refractivity contribution in [2.24, 2.45) is 0 Å². The van der Waals surface area contributed by atoms with Gasteiger partial charge in [-0.05, 0) is 19.4 Å². The predicted molar refractivity (Wildman–Crippen MR) is 95.7 cm³/mol. The van der Waals surface area contributed by atoms with Crippen molar-refractivity contribution >= 4 is 11.7 Å². The molecule has 1 aromatic heterocycles. The van der Waals surface area contributed by atoms with E-state index in [9.17, 15) is 4.79 Å². The first-order chi connectivity index (χ1) is 11.6. The number of rotatable bonds is 4. The van der Waals surface area contributed by atoms with Gasteiger partial charge < -0.3 is 5.32 Å². The summed E-state index contributed by atoms with van der Waals surface area (Å²) in [6, 6.07) is 17.8. The molecular formula is C20H19N3O. The highest BCUT2D eigenvalue weighted by atomic mass is 16.1. The standard InChI is InChI=1S/C20H19N3O/c1-14-8-10-16(11-9-14)12-19(24)23-20-15(2)22-18(13-21-20)17-6-4-3-5-7-17/h3-11,13H,12H2,1-2H3,(H,21,23,24). The number of anilines is 1. The van der Waals surface area contributed by atoms with Crippen LogP contribution in [-0.4, -0.2) is 15.9 Å². The van der Waals surface area contributed by atoms with Crippen LogP contribution < -0.4 is 5.32 Å². The molecular weight excluding hydrogens is 298 g/mol. The van der Waals surface area contributed by atoms with Crippen molar-refractivity contribution in [3.05, 3.63) is 77.6 Å². The third kappa shape index (κ3) is 3.84. The molecule has 120 valence electrons. The van der Waals surface area contributed by atoms with Crippen molar-refractivity contribution in [1.82, 2.24) is 9.97 Å². The fourth-order valence-corrected chi connectivity index (χ4v) is 2.42. The van der Waals surface area contributed by atoms with E-state index in [0.717, 1.165) is 16.8 Å². The van der Waals surface area contributed by atoms with Crippen molar-refractivity contribution in [1.29, 1.82) is 0 Å². The van der Waals surface area contributed by atoms with E-state index in [4.69, 9.17) is 0 Å². The molecule has 0 atom stereocenters. The molecule has 0 saturated carbocycles. The van der Waals surface area contributed by atoms with Crippen LogP contribution in [0.5, 0.6) is 0 Å². The van der Waals surface area contributed by atoms with E-state index in [-0.39, 0.29) is 5.91 Å². The number of hydrogen-bond donors (Lipinski definition) is 1. The molecule has 3 rings (SSSR count). The van der Waals surface area contributed by atoms with Crippen LogP contribution in [0.2, 0.25) is 0 Å². The van der Waals surface area contributed by atoms with Crippen LogP contribution in [0.25, 0.3) is 11.3 Å². The number of amides is 1. The van der Waals surface area contributed by atoms with Gasteiger partial charge in [0.2, 0.25) is 5.91 Å². The molecule has 0 spiro atoms. The minimum absolute atomic E-state index is 0.0938. The molecule has 24 heavy (non-hydrogen) atoms. The lowest BCUT2D eigenvalue weighted by molar-refractivity contribution is -0.115. The second kappa shape index (κ2) is 7.04. The molecule has 2 aromatic carbocycles. The van der Waals surface area contributed by atoms with Crippen LogP contribution in [0.1, 0.15) is 16.8 Å². The van der Waals surface area contributed by atoms with Crippen LogP contribution in [0, 0.1) is 13.8 Å². The molecule has 0 aliphatic heterocycles. The van der Waals surface area contributed by atoms with Gasteiger partial charge in [0.05, 0.1) is 24.0 Å². The minimum Gasteiger partial charge on any atom is -0.309 e. The van der Waals surface area contributed by atoms with Crippen molar-refractivity contribution in [2.45, 2.75) is 20.3 Å². The number of aryl methyl sites for hydroxylation is 2. The van der Waals surface area contributed by atoms with Gasteiger partial charge in [0.25, 0.3) is 0 Å². The van der Waals surface area contributed by atoms with Crippen molar-refractivity contribution in [3.63, 3.8) is 0 Å². The normalized spacial score (nSPS) is 10.4. The number of hydrogen-bond acceptors (Lipinski definition) is 3. The SMILES string of the molecule is Cc1ccc(CC(=O)Nc2ncc(-c3ccccc3)nc2C)cc1. The van der Waals surface area contributed by atoms with Crippen molar-refractivity contribution in [2.75, 3.05) is 5.32 Å². The van der Waals surface area contributed by atoms with Gasteiger partial charge in [-0.2, -0.15) is 0 Å². The van der Waals surface area contributed by atoms with Gasteiger partial charge in [-0.1, -0.05) is 60.2 Å². The predicted octanol–water partition coefficient (Wildman–Crippen LogP) is 3.94. The van der Waals surface area contributed by atoms with Gasteiger partial charge in [0.1, 0.15) is 0 Å². The highest BCUT2D eigenvalue weighted by Crippen LogP contribution is 2.18. The summed E-state index contributed by atoms with van der Waals surface area (Å²) in [6.45, 7) is 3.87. The first-order valence-electron chi connectivity index (χ1n) is 7.86. The molecule has 4 heteroatoms. The van der Waals surface area contributed by atoms with Gasteiger partial charge in [-0.3, -0.25) is 4.79 Å². The Hall–Kier alpha value is -3.01. The van der Waals surface area contributed by atoms with Crippen LogP contribution in [-0.2, 0) is 11.2 Å². The maximum atomic E-state index is 12.2. The fraction of sp³-hybridized carbons (Fsp3) is 0.150. The van der Waals surface area contributed by atoms with E-state index in [1.807, 2.05) is 68.4 Å². The molecule has 0 unspecified atom stereocenters. The Bertz CT molecular complexity index is 843. The molecule has 1 N–H and O–H groups in total. The van der Waals surface area contributed by atoms with Gasteiger partial charge in [0, 0.05) is 5.56 Å². The Kier molecular flexibility index (Phi) is 4.66. The van der Waals surface area contributed by atoms with Crippen LogP contribution in [0.15, 0.2) is 60.8 Å². The summed E-state index contributed by atoms with van der Waals surface area (Å²) >= 11 is 0. The summed E-state index contributed by atoms with van der Waals surface area (Å²) in [7, 11) is 0. The average molecular weight is 317 g/mol. The monoisotopic (exact) mass is 317 g/mol. The Morgan fingerprint density at radius 2 is 1.71 bits per heavy atom. The van der Waals surface area contributed by atoms with E-state index < -0.39 is 0 Å². The third-order valence-electron chi connectivity index (χ3n) is 3.76. The van der Waals surface area contributed by atoms with E-state index in [1.165, 1.54) is 5.56 Å². The summed E-state index contributed by atoms with van der Waals surface area (Å²) in [6.07, 6.45) is 2.01. The van der Waals surface area contributed by atoms with Gasteiger partial charge in [-0.15, -0.1) is 0 Å². The molecule has 3 aromatic rings. The molecule has 0 aliphatic rings. The topological polar surface area (TPSA) is 54.9 Å². The molecule has 0 saturated heterocycles. The Morgan fingerprint density at radius 3 is 2.38 bits per heavy atom. The van der Waals surface area contributed by atoms with E-state index in [1.54, 1.807) is 6.20 Å². The summed E-state index contributed by atoms with van der Waals surface area (Å²) < 4.78 is 0. The number of nitrogens with zero attached hydrogens (tertiary/aromatic N) is 2. The molecule has 0 fully saturated rings. The lowest BCUT2D eigenvalue weighted by Crippen LogP contribution is -2.16. The highest BCUT2D eigenvalue weighted by molar-refractivity contribution is 5.91. The first-order valence-corrected chi connectivity index (χ1v) is 7.86. The Balaban J connectivity index is 1.71. The van der Waals surface area contributed by atoms with Crippen LogP contribution >= 0.6 is 0 Å². The molecule has 1 amide bonds. The van der Waals surface area contributed by atoms with Crippen LogP contribution in [0.4, 0.5) is 5.82 Å². The Morgan fingerprint density at radius 1 is 1.00 bits per heavy atom. The zero-order valence-electron chi connectivity index (χ0n) is 13.8. The summed E-state index contributed by atoms with van der Waals surface area (Å²) in [5.74, 6) is 0.413. The molecule has 4 nitrogen and oxygen atoms in total. The second-order valence-corrected chi connectivity index (χ2v) is 5.77. The third-order valence-corrected chi connectivity index (χ3v) is 3.76. The summed E-state index contributed by atoms with van der Waals surface area (Å²) in [4.78, 5) is 21.1. The smallest absolute Gasteiger partial charge is 0.229 e. The summed E-state index contributed by atoms with van der Waals surface area (Å²) in [5, 5.41) is 2.84. The molecule has 0 radical (unpaired) electrons. The lowest BCUT2D eigenvalue weighted by Gasteiger charge is -2.09. The minimum atomic E-state index is -0.0938. The van der Waals surface area contributed by atoms with E-state index in [2.05, 4.69) is 15.3 Å². The molecule has 0 bridgehead atoms. The Labute approximate surface area is 141 Å². The van der Waals surface area contributed by atoms with Gasteiger partial charge in [0.15, 0.2) is 5.82 Å². The quantitative estimate of drug-likeness (QED) is 0.793. The lowest BCUT2D eigenvalue weighted by atomic mass is 10.1.